The van der Waals surface area contributed by atoms with E-state index in [4.69, 9.17) is 5.73 Å². The Morgan fingerprint density at radius 3 is 2.60 bits per heavy atom. The Morgan fingerprint density at radius 2 is 2.05 bits per heavy atom. The van der Waals surface area contributed by atoms with E-state index in [1.165, 1.54) is 11.3 Å². The fourth-order valence-corrected chi connectivity index (χ4v) is 2.86. The molecule has 6 heteroatoms. The molecule has 0 atom stereocenters. The van der Waals surface area contributed by atoms with E-state index in [1.807, 2.05) is 11.9 Å². The summed E-state index contributed by atoms with van der Waals surface area (Å²) in [6.07, 6.45) is 3.17. The maximum absolute atomic E-state index is 12.2. The maximum Gasteiger partial charge on any atom is 0.265 e. The third-order valence-electron chi connectivity index (χ3n) is 3.44. The lowest BCUT2D eigenvalue weighted by Crippen LogP contribution is -2.28. The molecule has 1 rings (SSSR count). The Balaban J connectivity index is 2.68. The first-order chi connectivity index (χ1) is 9.53. The molecule has 0 bridgehead atoms. The number of anilines is 2. The van der Waals surface area contributed by atoms with Crippen molar-refractivity contribution in [3.8, 4) is 0 Å². The predicted molar refractivity (Wildman–Crippen MR) is 86.5 cm³/mol. The highest BCUT2D eigenvalue weighted by molar-refractivity contribution is 7.18. The molecule has 1 aromatic rings. The topological polar surface area (TPSA) is 71.2 Å². The molecule has 5 nitrogen and oxygen atoms in total. The van der Waals surface area contributed by atoms with Gasteiger partial charge in [0.25, 0.3) is 5.91 Å². The van der Waals surface area contributed by atoms with Gasteiger partial charge in [0.15, 0.2) is 5.13 Å². The number of carbonyl (C=O) groups is 1. The average Bonchev–Trinajstić information content (AvgIpc) is 2.82. The highest BCUT2D eigenvalue weighted by Gasteiger charge is 2.18. The Kier molecular flexibility index (Phi) is 6.78. The van der Waals surface area contributed by atoms with Crippen LogP contribution in [0.15, 0.2) is 0 Å². The number of rotatable bonds is 8. The second kappa shape index (κ2) is 8.09. The monoisotopic (exact) mass is 298 g/mol. The van der Waals surface area contributed by atoms with Crippen molar-refractivity contribution in [3.05, 3.63) is 4.88 Å². The predicted octanol–water partition coefficient (Wildman–Crippen LogP) is 2.74. The van der Waals surface area contributed by atoms with E-state index in [2.05, 4.69) is 31.1 Å². The first-order valence-electron chi connectivity index (χ1n) is 7.28. The van der Waals surface area contributed by atoms with Crippen molar-refractivity contribution in [1.29, 1.82) is 0 Å². The summed E-state index contributed by atoms with van der Waals surface area (Å²) in [5.41, 5.74) is 5.86. The van der Waals surface area contributed by atoms with Gasteiger partial charge in [0.2, 0.25) is 0 Å². The zero-order valence-corrected chi connectivity index (χ0v) is 13.7. The minimum absolute atomic E-state index is 0.108. The first-order valence-corrected chi connectivity index (χ1v) is 8.10. The van der Waals surface area contributed by atoms with Crippen molar-refractivity contribution in [1.82, 2.24) is 10.3 Å². The number of nitrogen functional groups attached to an aromatic ring is 1. The zero-order chi connectivity index (χ0) is 15.1. The molecule has 20 heavy (non-hydrogen) atoms. The molecule has 3 N–H and O–H groups in total. The molecule has 0 saturated heterocycles. The van der Waals surface area contributed by atoms with Gasteiger partial charge >= 0.3 is 0 Å². The van der Waals surface area contributed by atoms with Gasteiger partial charge in [-0.05, 0) is 12.3 Å². The molecule has 0 aliphatic heterocycles. The summed E-state index contributed by atoms with van der Waals surface area (Å²) < 4.78 is 0. The van der Waals surface area contributed by atoms with Crippen molar-refractivity contribution < 1.29 is 4.79 Å². The number of nitrogens with two attached hydrogens (primary N) is 1. The number of nitrogens with one attached hydrogen (secondary N) is 1. The van der Waals surface area contributed by atoms with Crippen LogP contribution < -0.4 is 16.0 Å². The summed E-state index contributed by atoms with van der Waals surface area (Å²) in [4.78, 5) is 19.0. The van der Waals surface area contributed by atoms with Gasteiger partial charge in [-0.2, -0.15) is 0 Å². The van der Waals surface area contributed by atoms with E-state index < -0.39 is 0 Å². The Labute approximate surface area is 125 Å². The van der Waals surface area contributed by atoms with Gasteiger partial charge in [-0.1, -0.05) is 44.9 Å². The molecule has 0 spiro atoms. The van der Waals surface area contributed by atoms with Crippen LogP contribution in [0.25, 0.3) is 0 Å². The van der Waals surface area contributed by atoms with Gasteiger partial charge in [-0.3, -0.25) is 4.79 Å². The fraction of sp³-hybridized carbons (Fsp3) is 0.714. The largest absolute Gasteiger partial charge is 0.382 e. The third kappa shape index (κ3) is 4.37. The van der Waals surface area contributed by atoms with Crippen LogP contribution in [0, 0.1) is 5.92 Å². The van der Waals surface area contributed by atoms with Crippen molar-refractivity contribution in [2.75, 3.05) is 30.8 Å². The number of thiazole rings is 1. The maximum atomic E-state index is 12.2. The van der Waals surface area contributed by atoms with Crippen LogP contribution >= 0.6 is 11.3 Å². The molecule has 0 radical (unpaired) electrons. The van der Waals surface area contributed by atoms with E-state index in [0.29, 0.717) is 23.2 Å². The van der Waals surface area contributed by atoms with Crippen LogP contribution in [0.5, 0.6) is 0 Å². The minimum Gasteiger partial charge on any atom is -0.382 e. The van der Waals surface area contributed by atoms with Crippen molar-refractivity contribution >= 4 is 28.2 Å². The van der Waals surface area contributed by atoms with Gasteiger partial charge in [0.05, 0.1) is 0 Å². The second-order valence-electron chi connectivity index (χ2n) is 5.02. The second-order valence-corrected chi connectivity index (χ2v) is 6.00. The summed E-state index contributed by atoms with van der Waals surface area (Å²) in [5, 5.41) is 3.76. The summed E-state index contributed by atoms with van der Waals surface area (Å²) in [6.45, 7) is 7.99. The number of nitrogens with zero attached hydrogens (tertiary/aromatic N) is 2. The summed E-state index contributed by atoms with van der Waals surface area (Å²) in [7, 11) is 1.97. The molecular formula is C14H26N4OS. The Morgan fingerprint density at radius 1 is 1.40 bits per heavy atom. The standard InChI is InChI=1S/C14H26N4OS/c1-5-8-18(4)14-17-12(15)11(20-14)13(19)16-9-10(6-2)7-3/h10H,5-9,15H2,1-4H3,(H,16,19). The summed E-state index contributed by atoms with van der Waals surface area (Å²) in [6, 6.07) is 0. The van der Waals surface area contributed by atoms with Crippen molar-refractivity contribution in [2.24, 2.45) is 5.92 Å². The van der Waals surface area contributed by atoms with Crippen LogP contribution in [0.4, 0.5) is 10.9 Å². The highest BCUT2D eigenvalue weighted by atomic mass is 32.1. The quantitative estimate of drug-likeness (QED) is 0.774. The average molecular weight is 298 g/mol. The van der Waals surface area contributed by atoms with E-state index in [-0.39, 0.29) is 5.91 Å². The van der Waals surface area contributed by atoms with Gasteiger partial charge in [-0.15, -0.1) is 0 Å². The summed E-state index contributed by atoms with van der Waals surface area (Å²) in [5.74, 6) is 0.744. The molecule has 0 aromatic carbocycles. The number of aromatic nitrogens is 1. The van der Waals surface area contributed by atoms with Crippen molar-refractivity contribution in [2.45, 2.75) is 40.0 Å². The van der Waals surface area contributed by atoms with E-state index in [9.17, 15) is 4.79 Å². The molecule has 0 unspecified atom stereocenters. The van der Waals surface area contributed by atoms with Crippen LogP contribution in [0.1, 0.15) is 49.7 Å². The molecule has 1 amide bonds. The molecular weight excluding hydrogens is 272 g/mol. The Bertz CT molecular complexity index is 429. The normalized spacial score (nSPS) is 10.8. The molecule has 0 saturated carbocycles. The molecule has 0 fully saturated rings. The lowest BCUT2D eigenvalue weighted by molar-refractivity contribution is 0.0951. The molecule has 114 valence electrons. The van der Waals surface area contributed by atoms with E-state index in [1.54, 1.807) is 0 Å². The Hall–Kier alpha value is -1.30. The van der Waals surface area contributed by atoms with Crippen LogP contribution in [-0.2, 0) is 0 Å². The smallest absolute Gasteiger partial charge is 0.265 e. The number of hydrogen-bond acceptors (Lipinski definition) is 5. The lowest BCUT2D eigenvalue weighted by Gasteiger charge is -2.13. The first kappa shape index (κ1) is 16.8. The molecule has 1 heterocycles. The number of carbonyl (C=O) groups excluding carboxylic acids is 1. The summed E-state index contributed by atoms with van der Waals surface area (Å²) >= 11 is 1.36. The molecule has 0 aliphatic rings. The van der Waals surface area contributed by atoms with Gasteiger partial charge in [0.1, 0.15) is 10.7 Å². The number of amides is 1. The van der Waals surface area contributed by atoms with Crippen LogP contribution in [-0.4, -0.2) is 31.0 Å². The highest BCUT2D eigenvalue weighted by Crippen LogP contribution is 2.27. The molecule has 1 aromatic heterocycles. The van der Waals surface area contributed by atoms with Gasteiger partial charge in [-0.25, -0.2) is 4.98 Å². The van der Waals surface area contributed by atoms with Crippen LogP contribution in [0.2, 0.25) is 0 Å². The number of hydrogen-bond donors (Lipinski definition) is 2. The van der Waals surface area contributed by atoms with E-state index >= 15 is 0 Å². The molecule has 0 aliphatic carbocycles. The van der Waals surface area contributed by atoms with Gasteiger partial charge in [0, 0.05) is 20.1 Å². The zero-order valence-electron chi connectivity index (χ0n) is 12.9. The minimum atomic E-state index is -0.108. The van der Waals surface area contributed by atoms with Gasteiger partial charge < -0.3 is 16.0 Å². The van der Waals surface area contributed by atoms with Crippen LogP contribution in [0.3, 0.4) is 0 Å². The van der Waals surface area contributed by atoms with Crippen molar-refractivity contribution in [3.63, 3.8) is 0 Å². The third-order valence-corrected chi connectivity index (χ3v) is 4.62. The fourth-order valence-electron chi connectivity index (χ4n) is 1.97. The van der Waals surface area contributed by atoms with E-state index in [0.717, 1.165) is 30.9 Å². The lowest BCUT2D eigenvalue weighted by atomic mass is 10.0. The SMILES string of the molecule is CCCN(C)c1nc(N)c(C(=O)NCC(CC)CC)s1.